The highest BCUT2D eigenvalue weighted by Gasteiger charge is 2.33. The fourth-order valence-electron chi connectivity index (χ4n) is 3.44. The van der Waals surface area contributed by atoms with Gasteiger partial charge in [0.1, 0.15) is 0 Å². The minimum atomic E-state index is -0.421. The SMILES string of the molecule is Cc1ccccc1Nc1nc(N)nc(COC(=O)C2CCN(C(=O)C(C)(C)C)CC2)n1. The van der Waals surface area contributed by atoms with Crippen LogP contribution in [-0.2, 0) is 20.9 Å². The van der Waals surface area contributed by atoms with Crippen molar-refractivity contribution < 1.29 is 14.3 Å². The van der Waals surface area contributed by atoms with Gasteiger partial charge in [-0.1, -0.05) is 39.0 Å². The van der Waals surface area contributed by atoms with Crippen LogP contribution >= 0.6 is 0 Å². The lowest BCUT2D eigenvalue weighted by atomic mass is 9.91. The molecule has 0 saturated carbocycles. The second-order valence-corrected chi connectivity index (χ2v) is 8.80. The molecule has 3 N–H and O–H groups in total. The molecule has 1 aromatic carbocycles. The Bertz CT molecular complexity index is 949. The molecule has 9 heteroatoms. The van der Waals surface area contributed by atoms with E-state index in [2.05, 4.69) is 20.3 Å². The van der Waals surface area contributed by atoms with Crippen LogP contribution in [0.1, 0.15) is 45.0 Å². The number of amides is 1. The number of carbonyl (C=O) groups excluding carboxylic acids is 2. The molecule has 166 valence electrons. The number of piperidine rings is 1. The third-order valence-electron chi connectivity index (χ3n) is 5.19. The van der Waals surface area contributed by atoms with E-state index in [1.807, 2.05) is 56.9 Å². The Labute approximate surface area is 182 Å². The predicted molar refractivity (Wildman–Crippen MR) is 117 cm³/mol. The number of rotatable bonds is 5. The summed E-state index contributed by atoms with van der Waals surface area (Å²) in [4.78, 5) is 39.2. The standard InChI is InChI=1S/C22H30N6O3/c1-14-7-5-6-8-16(14)24-21-26-17(25-20(23)27-21)13-31-18(29)15-9-11-28(12-10-15)19(30)22(2,3)4/h5-8,15H,9-13H2,1-4H3,(H3,23,24,25,26,27). The maximum absolute atomic E-state index is 12.5. The summed E-state index contributed by atoms with van der Waals surface area (Å²) in [6.45, 7) is 8.69. The Kier molecular flexibility index (Phi) is 6.72. The second kappa shape index (κ2) is 9.28. The summed E-state index contributed by atoms with van der Waals surface area (Å²) in [5.74, 6) is 0.168. The van der Waals surface area contributed by atoms with Gasteiger partial charge in [-0.25, -0.2) is 0 Å². The van der Waals surface area contributed by atoms with E-state index in [4.69, 9.17) is 10.5 Å². The van der Waals surface area contributed by atoms with Crippen molar-refractivity contribution in [1.82, 2.24) is 19.9 Å². The number of nitrogens with one attached hydrogen (secondary N) is 1. The van der Waals surface area contributed by atoms with Crippen LogP contribution in [0, 0.1) is 18.3 Å². The van der Waals surface area contributed by atoms with E-state index >= 15 is 0 Å². The van der Waals surface area contributed by atoms with Gasteiger partial charge in [0.05, 0.1) is 5.92 Å². The Hall–Kier alpha value is -3.23. The number of nitrogens with two attached hydrogens (primary N) is 1. The van der Waals surface area contributed by atoms with E-state index in [0.717, 1.165) is 11.3 Å². The average molecular weight is 427 g/mol. The third-order valence-corrected chi connectivity index (χ3v) is 5.19. The van der Waals surface area contributed by atoms with E-state index in [1.54, 1.807) is 0 Å². The minimum absolute atomic E-state index is 0.0473. The average Bonchev–Trinajstić information content (AvgIpc) is 2.72. The molecule has 0 unspecified atom stereocenters. The monoisotopic (exact) mass is 426 g/mol. The molecule has 1 aliphatic rings. The topological polar surface area (TPSA) is 123 Å². The molecular weight excluding hydrogens is 396 g/mol. The first-order valence-electron chi connectivity index (χ1n) is 10.4. The van der Waals surface area contributed by atoms with Crippen molar-refractivity contribution in [3.63, 3.8) is 0 Å². The number of aryl methyl sites for hydroxylation is 1. The molecule has 0 aliphatic carbocycles. The quantitative estimate of drug-likeness (QED) is 0.700. The lowest BCUT2D eigenvalue weighted by Gasteiger charge is -2.34. The fraction of sp³-hybridized carbons (Fsp3) is 0.500. The number of ether oxygens (including phenoxy) is 1. The number of hydrogen-bond donors (Lipinski definition) is 2. The van der Waals surface area contributed by atoms with Crippen molar-refractivity contribution >= 4 is 29.5 Å². The number of nitrogen functional groups attached to an aromatic ring is 1. The van der Waals surface area contributed by atoms with E-state index in [1.165, 1.54) is 0 Å². The van der Waals surface area contributed by atoms with Crippen LogP contribution in [0.4, 0.5) is 17.6 Å². The van der Waals surface area contributed by atoms with Gasteiger partial charge >= 0.3 is 5.97 Å². The first-order chi connectivity index (χ1) is 14.6. The minimum Gasteiger partial charge on any atom is -0.457 e. The first-order valence-corrected chi connectivity index (χ1v) is 10.4. The van der Waals surface area contributed by atoms with Crippen LogP contribution in [0.15, 0.2) is 24.3 Å². The lowest BCUT2D eigenvalue weighted by Crippen LogP contribution is -2.45. The molecule has 1 fully saturated rings. The van der Waals surface area contributed by atoms with Crippen molar-refractivity contribution in [3.05, 3.63) is 35.7 Å². The molecule has 0 radical (unpaired) electrons. The van der Waals surface area contributed by atoms with Crippen LogP contribution < -0.4 is 11.1 Å². The molecule has 0 bridgehead atoms. The molecular formula is C22H30N6O3. The number of esters is 1. The van der Waals surface area contributed by atoms with Crippen LogP contribution in [0.2, 0.25) is 0 Å². The lowest BCUT2D eigenvalue weighted by molar-refractivity contribution is -0.154. The van der Waals surface area contributed by atoms with Gasteiger partial charge in [-0.2, -0.15) is 15.0 Å². The summed E-state index contributed by atoms with van der Waals surface area (Å²) < 4.78 is 5.44. The molecule has 0 spiro atoms. The number of hydrogen-bond acceptors (Lipinski definition) is 8. The van der Waals surface area contributed by atoms with Crippen molar-refractivity contribution in [3.8, 4) is 0 Å². The number of carbonyl (C=O) groups is 2. The largest absolute Gasteiger partial charge is 0.457 e. The Morgan fingerprint density at radius 1 is 1.16 bits per heavy atom. The molecule has 9 nitrogen and oxygen atoms in total. The second-order valence-electron chi connectivity index (χ2n) is 8.80. The summed E-state index contributed by atoms with van der Waals surface area (Å²) in [5, 5.41) is 3.11. The Morgan fingerprint density at radius 3 is 2.48 bits per heavy atom. The predicted octanol–water partition coefficient (Wildman–Crippen LogP) is 2.83. The van der Waals surface area contributed by atoms with Gasteiger partial charge in [0.25, 0.3) is 0 Å². The highest BCUT2D eigenvalue weighted by molar-refractivity contribution is 5.82. The summed E-state index contributed by atoms with van der Waals surface area (Å²) in [6.07, 6.45) is 1.17. The van der Waals surface area contributed by atoms with E-state index < -0.39 is 5.41 Å². The zero-order valence-electron chi connectivity index (χ0n) is 18.5. The molecule has 3 rings (SSSR count). The molecule has 2 aromatic rings. The summed E-state index contributed by atoms with van der Waals surface area (Å²) in [7, 11) is 0. The normalized spacial score (nSPS) is 14.9. The summed E-state index contributed by atoms with van der Waals surface area (Å²) in [6, 6.07) is 7.72. The number of para-hydroxylation sites is 1. The number of nitrogens with zero attached hydrogens (tertiary/aromatic N) is 4. The number of aromatic nitrogens is 3. The molecule has 1 aliphatic heterocycles. The molecule has 1 amide bonds. The Morgan fingerprint density at radius 2 is 1.84 bits per heavy atom. The van der Waals surface area contributed by atoms with Gasteiger partial charge in [0, 0.05) is 24.2 Å². The first kappa shape index (κ1) is 22.5. The van der Waals surface area contributed by atoms with Gasteiger partial charge in [-0.05, 0) is 31.4 Å². The van der Waals surface area contributed by atoms with E-state index in [-0.39, 0.29) is 36.2 Å². The zero-order valence-corrected chi connectivity index (χ0v) is 18.5. The molecule has 1 aromatic heterocycles. The Balaban J connectivity index is 1.55. The molecule has 2 heterocycles. The van der Waals surface area contributed by atoms with Crippen LogP contribution in [0.5, 0.6) is 0 Å². The van der Waals surface area contributed by atoms with Gasteiger partial charge in [0.2, 0.25) is 17.8 Å². The van der Waals surface area contributed by atoms with Crippen molar-refractivity contribution in [1.29, 1.82) is 0 Å². The van der Waals surface area contributed by atoms with Gasteiger partial charge < -0.3 is 20.7 Å². The summed E-state index contributed by atoms with van der Waals surface area (Å²) in [5.41, 5.74) is 7.27. The van der Waals surface area contributed by atoms with E-state index in [9.17, 15) is 9.59 Å². The van der Waals surface area contributed by atoms with Gasteiger partial charge in [-0.3, -0.25) is 9.59 Å². The third kappa shape index (κ3) is 5.90. The highest BCUT2D eigenvalue weighted by Crippen LogP contribution is 2.24. The molecule has 31 heavy (non-hydrogen) atoms. The van der Waals surface area contributed by atoms with Crippen LogP contribution in [0.25, 0.3) is 0 Å². The van der Waals surface area contributed by atoms with Crippen molar-refractivity contribution in [2.75, 3.05) is 24.1 Å². The molecule has 1 saturated heterocycles. The highest BCUT2D eigenvalue weighted by atomic mass is 16.5. The van der Waals surface area contributed by atoms with Gasteiger partial charge in [0.15, 0.2) is 12.4 Å². The zero-order chi connectivity index (χ0) is 22.6. The van der Waals surface area contributed by atoms with Crippen LogP contribution in [-0.4, -0.2) is 44.8 Å². The maximum atomic E-state index is 12.5. The maximum Gasteiger partial charge on any atom is 0.309 e. The molecule has 0 atom stereocenters. The number of benzene rings is 1. The number of anilines is 3. The van der Waals surface area contributed by atoms with Gasteiger partial charge in [-0.15, -0.1) is 0 Å². The smallest absolute Gasteiger partial charge is 0.309 e. The summed E-state index contributed by atoms with van der Waals surface area (Å²) >= 11 is 0. The van der Waals surface area contributed by atoms with Crippen LogP contribution in [0.3, 0.4) is 0 Å². The van der Waals surface area contributed by atoms with E-state index in [0.29, 0.717) is 31.9 Å². The van der Waals surface area contributed by atoms with Crippen molar-refractivity contribution in [2.24, 2.45) is 11.3 Å². The van der Waals surface area contributed by atoms with Crippen molar-refractivity contribution in [2.45, 2.75) is 47.1 Å². The fourth-order valence-corrected chi connectivity index (χ4v) is 3.44. The number of likely N-dealkylation sites (tertiary alicyclic amines) is 1.